The number of ether oxygens (including phenoxy) is 1. The number of carbonyl (C=O) groups excluding carboxylic acids is 1. The van der Waals surface area contributed by atoms with Gasteiger partial charge in [-0.05, 0) is 54.1 Å². The van der Waals surface area contributed by atoms with E-state index in [1.165, 1.54) is 19.2 Å². The number of aromatic nitrogens is 1. The monoisotopic (exact) mass is 415 g/mol. The molecule has 0 saturated heterocycles. The summed E-state index contributed by atoms with van der Waals surface area (Å²) in [6.07, 6.45) is 1.62. The van der Waals surface area contributed by atoms with Crippen LogP contribution in [0.4, 0.5) is 15.9 Å². The van der Waals surface area contributed by atoms with Gasteiger partial charge in [-0.25, -0.2) is 17.8 Å². The standard InChI is InChI=1S/C20H18FN3O4S/c1-28-18-3-2-12-22-20(18)23-19(25)13-14-4-8-16(9-5-14)24-29(26,27)17-10-6-15(21)7-11-17/h2-12,24H,13H2,1H3,(H,22,23,25). The van der Waals surface area contributed by atoms with Crippen LogP contribution in [0.25, 0.3) is 0 Å². The summed E-state index contributed by atoms with van der Waals surface area (Å²) in [6.45, 7) is 0. The van der Waals surface area contributed by atoms with E-state index in [1.54, 1.807) is 42.6 Å². The number of hydrogen-bond acceptors (Lipinski definition) is 5. The molecular formula is C20H18FN3O4S. The number of nitrogens with one attached hydrogen (secondary N) is 2. The van der Waals surface area contributed by atoms with Gasteiger partial charge in [-0.1, -0.05) is 12.1 Å². The van der Waals surface area contributed by atoms with E-state index in [-0.39, 0.29) is 17.2 Å². The first-order valence-corrected chi connectivity index (χ1v) is 10.0. The van der Waals surface area contributed by atoms with Gasteiger partial charge in [-0.15, -0.1) is 0 Å². The maximum absolute atomic E-state index is 13.0. The maximum Gasteiger partial charge on any atom is 0.261 e. The van der Waals surface area contributed by atoms with Crippen molar-refractivity contribution in [3.63, 3.8) is 0 Å². The molecule has 0 radical (unpaired) electrons. The van der Waals surface area contributed by atoms with E-state index in [2.05, 4.69) is 15.0 Å². The minimum Gasteiger partial charge on any atom is -0.493 e. The lowest BCUT2D eigenvalue weighted by Crippen LogP contribution is -2.16. The van der Waals surface area contributed by atoms with Crippen LogP contribution in [0.2, 0.25) is 0 Å². The van der Waals surface area contributed by atoms with Gasteiger partial charge in [-0.2, -0.15) is 0 Å². The van der Waals surface area contributed by atoms with E-state index in [1.807, 2.05) is 0 Å². The molecule has 0 fully saturated rings. The Morgan fingerprint density at radius 1 is 1.07 bits per heavy atom. The molecule has 7 nitrogen and oxygen atoms in total. The molecule has 0 bridgehead atoms. The van der Waals surface area contributed by atoms with Gasteiger partial charge in [0.25, 0.3) is 10.0 Å². The summed E-state index contributed by atoms with van der Waals surface area (Å²) in [5.74, 6) is -0.0355. The predicted molar refractivity (Wildman–Crippen MR) is 107 cm³/mol. The Bertz CT molecular complexity index is 1100. The molecule has 29 heavy (non-hydrogen) atoms. The van der Waals surface area contributed by atoms with Crippen LogP contribution >= 0.6 is 0 Å². The minimum absolute atomic E-state index is 0.0494. The third kappa shape index (κ3) is 5.29. The van der Waals surface area contributed by atoms with E-state index in [4.69, 9.17) is 4.74 Å². The van der Waals surface area contributed by atoms with Crippen molar-refractivity contribution in [2.24, 2.45) is 0 Å². The van der Waals surface area contributed by atoms with Gasteiger partial charge in [0.2, 0.25) is 5.91 Å². The number of amides is 1. The molecule has 0 aliphatic heterocycles. The van der Waals surface area contributed by atoms with E-state index < -0.39 is 15.8 Å². The molecule has 150 valence electrons. The lowest BCUT2D eigenvalue weighted by atomic mass is 10.1. The largest absolute Gasteiger partial charge is 0.493 e. The predicted octanol–water partition coefficient (Wildman–Crippen LogP) is 3.21. The highest BCUT2D eigenvalue weighted by Gasteiger charge is 2.14. The van der Waals surface area contributed by atoms with Crippen molar-refractivity contribution in [3.8, 4) is 5.75 Å². The van der Waals surface area contributed by atoms with E-state index in [9.17, 15) is 17.6 Å². The second kappa shape index (κ2) is 8.70. The maximum atomic E-state index is 13.0. The summed E-state index contributed by atoms with van der Waals surface area (Å²) in [4.78, 5) is 16.2. The fraction of sp³-hybridized carbons (Fsp3) is 0.100. The number of rotatable bonds is 7. The lowest BCUT2D eigenvalue weighted by Gasteiger charge is -2.10. The normalized spacial score (nSPS) is 11.0. The molecule has 0 spiro atoms. The Kier molecular flexibility index (Phi) is 6.08. The first kappa shape index (κ1) is 20.3. The average molecular weight is 415 g/mol. The van der Waals surface area contributed by atoms with Crippen LogP contribution in [0.15, 0.2) is 71.8 Å². The van der Waals surface area contributed by atoms with Gasteiger partial charge < -0.3 is 10.1 Å². The number of anilines is 2. The highest BCUT2D eigenvalue weighted by atomic mass is 32.2. The SMILES string of the molecule is COc1cccnc1NC(=O)Cc1ccc(NS(=O)(=O)c2ccc(F)cc2)cc1. The van der Waals surface area contributed by atoms with Crippen LogP contribution in [0, 0.1) is 5.82 Å². The van der Waals surface area contributed by atoms with Crippen LogP contribution in [0.3, 0.4) is 0 Å². The summed E-state index contributed by atoms with van der Waals surface area (Å²) in [7, 11) is -2.35. The molecule has 1 aromatic heterocycles. The second-order valence-electron chi connectivity index (χ2n) is 6.04. The van der Waals surface area contributed by atoms with E-state index >= 15 is 0 Å². The molecule has 1 amide bonds. The third-order valence-corrected chi connectivity index (χ3v) is 5.34. The summed E-state index contributed by atoms with van der Waals surface area (Å²) in [5, 5.41) is 2.67. The summed E-state index contributed by atoms with van der Waals surface area (Å²) in [5.41, 5.74) is 1.01. The molecule has 3 aromatic rings. The Balaban J connectivity index is 1.64. The van der Waals surface area contributed by atoms with Gasteiger partial charge in [0, 0.05) is 11.9 Å². The highest BCUT2D eigenvalue weighted by molar-refractivity contribution is 7.92. The molecular weight excluding hydrogens is 397 g/mol. The Morgan fingerprint density at radius 2 is 1.76 bits per heavy atom. The Hall–Kier alpha value is -3.46. The van der Waals surface area contributed by atoms with Crippen molar-refractivity contribution in [3.05, 3.63) is 78.2 Å². The number of pyridine rings is 1. The molecule has 0 atom stereocenters. The number of sulfonamides is 1. The van der Waals surface area contributed by atoms with Gasteiger partial charge in [0.05, 0.1) is 18.4 Å². The first-order chi connectivity index (χ1) is 13.9. The number of halogens is 1. The van der Waals surface area contributed by atoms with Gasteiger partial charge in [0.15, 0.2) is 11.6 Å². The number of hydrogen-bond donors (Lipinski definition) is 2. The van der Waals surface area contributed by atoms with E-state index in [0.29, 0.717) is 22.8 Å². The van der Waals surface area contributed by atoms with Crippen LogP contribution in [-0.4, -0.2) is 26.4 Å². The quantitative estimate of drug-likeness (QED) is 0.618. The molecule has 2 aromatic carbocycles. The number of methoxy groups -OCH3 is 1. The zero-order valence-electron chi connectivity index (χ0n) is 15.4. The van der Waals surface area contributed by atoms with Gasteiger partial charge in [-0.3, -0.25) is 9.52 Å². The lowest BCUT2D eigenvalue weighted by molar-refractivity contribution is -0.115. The topological polar surface area (TPSA) is 97.4 Å². The van der Waals surface area contributed by atoms with Crippen LogP contribution < -0.4 is 14.8 Å². The Labute approximate surface area is 167 Å². The molecule has 0 saturated carbocycles. The molecule has 2 N–H and O–H groups in total. The zero-order valence-corrected chi connectivity index (χ0v) is 16.2. The molecule has 0 unspecified atom stereocenters. The highest BCUT2D eigenvalue weighted by Crippen LogP contribution is 2.21. The van der Waals surface area contributed by atoms with Crippen molar-refractivity contribution in [1.29, 1.82) is 0 Å². The van der Waals surface area contributed by atoms with Crippen LogP contribution in [0.5, 0.6) is 5.75 Å². The zero-order chi connectivity index (χ0) is 20.9. The fourth-order valence-corrected chi connectivity index (χ4v) is 3.59. The number of nitrogens with zero attached hydrogens (tertiary/aromatic N) is 1. The van der Waals surface area contributed by atoms with Crippen molar-refractivity contribution in [2.75, 3.05) is 17.1 Å². The molecule has 9 heteroatoms. The summed E-state index contributed by atoms with van der Waals surface area (Å²) in [6, 6.07) is 14.3. The first-order valence-electron chi connectivity index (χ1n) is 8.53. The molecule has 0 aliphatic rings. The van der Waals surface area contributed by atoms with Gasteiger partial charge in [0.1, 0.15) is 5.82 Å². The van der Waals surface area contributed by atoms with Crippen molar-refractivity contribution in [1.82, 2.24) is 4.98 Å². The Morgan fingerprint density at radius 3 is 2.41 bits per heavy atom. The number of benzene rings is 2. The molecule has 3 rings (SSSR count). The van der Waals surface area contributed by atoms with Crippen molar-refractivity contribution >= 4 is 27.4 Å². The van der Waals surface area contributed by atoms with E-state index in [0.717, 1.165) is 12.1 Å². The third-order valence-electron chi connectivity index (χ3n) is 3.94. The van der Waals surface area contributed by atoms with Crippen molar-refractivity contribution in [2.45, 2.75) is 11.3 Å². The second-order valence-corrected chi connectivity index (χ2v) is 7.72. The van der Waals surface area contributed by atoms with Crippen molar-refractivity contribution < 1.29 is 22.3 Å². The smallest absolute Gasteiger partial charge is 0.261 e. The summed E-state index contributed by atoms with van der Waals surface area (Å²) >= 11 is 0. The summed E-state index contributed by atoms with van der Waals surface area (Å²) < 4.78 is 45.2. The van der Waals surface area contributed by atoms with Gasteiger partial charge >= 0.3 is 0 Å². The molecule has 0 aliphatic carbocycles. The van der Waals surface area contributed by atoms with Crippen LogP contribution in [-0.2, 0) is 21.2 Å². The molecule has 1 heterocycles. The average Bonchev–Trinajstić information content (AvgIpc) is 2.70. The number of carbonyl (C=O) groups is 1. The minimum atomic E-state index is -3.83. The van der Waals surface area contributed by atoms with Crippen LogP contribution in [0.1, 0.15) is 5.56 Å². The fourth-order valence-electron chi connectivity index (χ4n) is 2.53.